The summed E-state index contributed by atoms with van der Waals surface area (Å²) in [6.07, 6.45) is 1.95. The fourth-order valence-electron chi connectivity index (χ4n) is 1.79. The molecule has 2 rings (SSSR count). The summed E-state index contributed by atoms with van der Waals surface area (Å²) < 4.78 is 0. The summed E-state index contributed by atoms with van der Waals surface area (Å²) in [5, 5.41) is 9.34. The minimum atomic E-state index is -0.364. The Morgan fingerprint density at radius 3 is 3.07 bits per heavy atom. The lowest BCUT2D eigenvalue weighted by Gasteiger charge is -2.15. The van der Waals surface area contributed by atoms with Gasteiger partial charge in [0.25, 0.3) is 5.91 Å². The van der Waals surface area contributed by atoms with E-state index in [1.165, 1.54) is 0 Å². The maximum absolute atomic E-state index is 11.9. The first kappa shape index (κ1) is 10.1. The second kappa shape index (κ2) is 3.98. The van der Waals surface area contributed by atoms with E-state index in [0.29, 0.717) is 25.1 Å². The first-order chi connectivity index (χ1) is 7.16. The lowest BCUT2D eigenvalue weighted by molar-refractivity contribution is 0.0765. The lowest BCUT2D eigenvalue weighted by Crippen LogP contribution is -2.29. The van der Waals surface area contributed by atoms with Gasteiger partial charge in [-0.15, -0.1) is 0 Å². The second-order valence-corrected chi connectivity index (χ2v) is 3.88. The van der Waals surface area contributed by atoms with E-state index >= 15 is 0 Å². The highest BCUT2D eigenvalue weighted by Crippen LogP contribution is 2.13. The Bertz CT molecular complexity index is 379. The van der Waals surface area contributed by atoms with Crippen LogP contribution in [0.4, 0.5) is 0 Å². The van der Waals surface area contributed by atoms with Crippen LogP contribution in [0, 0.1) is 6.92 Å². The topological polar surface area (TPSA) is 53.4 Å². The van der Waals surface area contributed by atoms with Crippen molar-refractivity contribution >= 4 is 5.91 Å². The highest BCUT2D eigenvalue weighted by atomic mass is 16.3. The first-order valence-electron chi connectivity index (χ1n) is 5.07. The Labute approximate surface area is 88.6 Å². The molecule has 4 heteroatoms. The third-order valence-corrected chi connectivity index (χ3v) is 2.59. The zero-order valence-corrected chi connectivity index (χ0v) is 8.68. The summed E-state index contributed by atoms with van der Waals surface area (Å²) in [7, 11) is 0. The van der Waals surface area contributed by atoms with Gasteiger partial charge in [0.05, 0.1) is 6.10 Å². The van der Waals surface area contributed by atoms with E-state index in [1.54, 1.807) is 23.2 Å². The predicted molar refractivity (Wildman–Crippen MR) is 55.5 cm³/mol. The molecular weight excluding hydrogens is 192 g/mol. The van der Waals surface area contributed by atoms with Crippen molar-refractivity contribution in [3.05, 3.63) is 29.6 Å². The molecule has 1 N–H and O–H groups in total. The quantitative estimate of drug-likeness (QED) is 0.732. The van der Waals surface area contributed by atoms with Crippen LogP contribution in [0.1, 0.15) is 22.5 Å². The third-order valence-electron chi connectivity index (χ3n) is 2.59. The van der Waals surface area contributed by atoms with Crippen LogP contribution < -0.4 is 0 Å². The largest absolute Gasteiger partial charge is 0.391 e. The van der Waals surface area contributed by atoms with E-state index in [1.807, 2.05) is 6.92 Å². The fraction of sp³-hybridized carbons (Fsp3) is 0.455. The van der Waals surface area contributed by atoms with Gasteiger partial charge < -0.3 is 10.0 Å². The number of aliphatic hydroxyl groups is 1. The maximum Gasteiger partial charge on any atom is 0.254 e. The third kappa shape index (κ3) is 2.15. The minimum absolute atomic E-state index is 0.0166. The maximum atomic E-state index is 11.9. The number of β-amino-alcohol motifs (C(OH)–C–C–N with tert-alkyl or cyclic N) is 1. The van der Waals surface area contributed by atoms with Crippen molar-refractivity contribution in [1.82, 2.24) is 9.88 Å². The highest BCUT2D eigenvalue weighted by molar-refractivity contribution is 5.94. The van der Waals surface area contributed by atoms with Gasteiger partial charge in [-0.25, -0.2) is 0 Å². The Morgan fingerprint density at radius 2 is 2.47 bits per heavy atom. The highest BCUT2D eigenvalue weighted by Gasteiger charge is 2.25. The summed E-state index contributed by atoms with van der Waals surface area (Å²) in [6, 6.07) is 3.48. The van der Waals surface area contributed by atoms with Crippen molar-refractivity contribution < 1.29 is 9.90 Å². The lowest BCUT2D eigenvalue weighted by atomic mass is 10.2. The smallest absolute Gasteiger partial charge is 0.254 e. The molecule has 1 amide bonds. The number of pyridine rings is 1. The monoisotopic (exact) mass is 206 g/mol. The average Bonchev–Trinajstić information content (AvgIpc) is 2.64. The SMILES string of the molecule is Cc1cc(C(=O)N2CCC(O)C2)ccn1. The van der Waals surface area contributed by atoms with Crippen LogP contribution in [0.3, 0.4) is 0 Å². The Balaban J connectivity index is 2.14. The first-order valence-corrected chi connectivity index (χ1v) is 5.07. The molecule has 0 aromatic carbocycles. The molecule has 1 fully saturated rings. The number of amides is 1. The summed E-state index contributed by atoms with van der Waals surface area (Å²) in [6.45, 7) is 2.94. The summed E-state index contributed by atoms with van der Waals surface area (Å²) >= 11 is 0. The molecule has 4 nitrogen and oxygen atoms in total. The number of likely N-dealkylation sites (tertiary alicyclic amines) is 1. The summed E-state index contributed by atoms with van der Waals surface area (Å²) in [5.41, 5.74) is 1.48. The molecule has 80 valence electrons. The van der Waals surface area contributed by atoms with Gasteiger partial charge in [-0.3, -0.25) is 9.78 Å². The van der Waals surface area contributed by atoms with Crippen molar-refractivity contribution in [2.45, 2.75) is 19.4 Å². The molecule has 1 unspecified atom stereocenters. The van der Waals surface area contributed by atoms with Crippen LogP contribution in [0.2, 0.25) is 0 Å². The molecule has 2 heterocycles. The van der Waals surface area contributed by atoms with E-state index in [9.17, 15) is 9.90 Å². The van der Waals surface area contributed by atoms with E-state index in [-0.39, 0.29) is 12.0 Å². The van der Waals surface area contributed by atoms with Gasteiger partial charge in [0.2, 0.25) is 0 Å². The fourth-order valence-corrected chi connectivity index (χ4v) is 1.79. The van der Waals surface area contributed by atoms with Crippen LogP contribution >= 0.6 is 0 Å². The van der Waals surface area contributed by atoms with Gasteiger partial charge in [0.1, 0.15) is 0 Å². The molecule has 0 bridgehead atoms. The number of rotatable bonds is 1. The van der Waals surface area contributed by atoms with Gasteiger partial charge in [-0.2, -0.15) is 0 Å². The standard InChI is InChI=1S/C11H14N2O2/c1-8-6-9(2-4-12-8)11(15)13-5-3-10(14)7-13/h2,4,6,10,14H,3,5,7H2,1H3. The molecule has 0 saturated carbocycles. The molecule has 1 aromatic rings. The zero-order chi connectivity index (χ0) is 10.8. The second-order valence-electron chi connectivity index (χ2n) is 3.88. The normalized spacial score (nSPS) is 20.7. The number of nitrogens with zero attached hydrogens (tertiary/aromatic N) is 2. The molecule has 0 spiro atoms. The molecule has 1 saturated heterocycles. The van der Waals surface area contributed by atoms with Crippen molar-refractivity contribution in [2.24, 2.45) is 0 Å². The number of hydrogen-bond acceptors (Lipinski definition) is 3. The molecule has 0 aliphatic carbocycles. The Hall–Kier alpha value is -1.42. The van der Waals surface area contributed by atoms with Crippen molar-refractivity contribution in [1.29, 1.82) is 0 Å². The van der Waals surface area contributed by atoms with Crippen molar-refractivity contribution in [2.75, 3.05) is 13.1 Å². The van der Waals surface area contributed by atoms with Crippen LogP contribution in [0.25, 0.3) is 0 Å². The van der Waals surface area contributed by atoms with Crippen molar-refractivity contribution in [3.8, 4) is 0 Å². The summed E-state index contributed by atoms with van der Waals surface area (Å²) in [5.74, 6) is -0.0166. The molecule has 0 radical (unpaired) electrons. The van der Waals surface area contributed by atoms with Gasteiger partial charge in [0, 0.05) is 30.5 Å². The van der Waals surface area contributed by atoms with Gasteiger partial charge in [-0.05, 0) is 25.5 Å². The number of hydrogen-bond donors (Lipinski definition) is 1. The number of aryl methyl sites for hydroxylation is 1. The van der Waals surface area contributed by atoms with Gasteiger partial charge in [0.15, 0.2) is 0 Å². The molecule has 15 heavy (non-hydrogen) atoms. The molecular formula is C11H14N2O2. The molecule has 1 atom stereocenters. The number of aliphatic hydroxyl groups excluding tert-OH is 1. The Morgan fingerprint density at radius 1 is 1.67 bits per heavy atom. The number of aromatic nitrogens is 1. The number of carbonyl (C=O) groups is 1. The van der Waals surface area contributed by atoms with E-state index in [4.69, 9.17) is 0 Å². The van der Waals surface area contributed by atoms with E-state index < -0.39 is 0 Å². The Kier molecular flexibility index (Phi) is 2.68. The molecule has 1 aromatic heterocycles. The van der Waals surface area contributed by atoms with E-state index in [2.05, 4.69) is 4.98 Å². The van der Waals surface area contributed by atoms with Crippen LogP contribution in [0.15, 0.2) is 18.3 Å². The molecule has 1 aliphatic heterocycles. The van der Waals surface area contributed by atoms with Gasteiger partial charge >= 0.3 is 0 Å². The summed E-state index contributed by atoms with van der Waals surface area (Å²) in [4.78, 5) is 17.7. The molecule has 1 aliphatic rings. The van der Waals surface area contributed by atoms with Crippen LogP contribution in [-0.2, 0) is 0 Å². The van der Waals surface area contributed by atoms with Gasteiger partial charge in [-0.1, -0.05) is 0 Å². The minimum Gasteiger partial charge on any atom is -0.391 e. The van der Waals surface area contributed by atoms with Crippen LogP contribution in [-0.4, -0.2) is 40.1 Å². The van der Waals surface area contributed by atoms with Crippen LogP contribution in [0.5, 0.6) is 0 Å². The zero-order valence-electron chi connectivity index (χ0n) is 8.68. The average molecular weight is 206 g/mol. The van der Waals surface area contributed by atoms with E-state index in [0.717, 1.165) is 5.69 Å². The predicted octanol–water partition coefficient (Wildman–Crippen LogP) is 0.597. The number of carbonyl (C=O) groups excluding carboxylic acids is 1. The van der Waals surface area contributed by atoms with Crippen molar-refractivity contribution in [3.63, 3.8) is 0 Å².